The number of hydrogen-bond donors (Lipinski definition) is 2. The Morgan fingerprint density at radius 2 is 1.81 bits per heavy atom. The number of pyridine rings is 2. The number of nitrogens with one attached hydrogen (secondary N) is 1. The molecule has 1 saturated heterocycles. The molecule has 5 rings (SSSR count). The average Bonchev–Trinajstić information content (AvgIpc) is 3.20. The third-order valence-electron chi connectivity index (χ3n) is 5.09. The molecule has 3 aromatic heterocycles. The molecule has 0 unspecified atom stereocenters. The smallest absolute Gasteiger partial charge is 0.290 e. The zero-order chi connectivity index (χ0) is 21.8. The maximum absolute atomic E-state index is 13.5. The van der Waals surface area contributed by atoms with E-state index in [1.807, 2.05) is 24.3 Å². The minimum atomic E-state index is -3.80. The van der Waals surface area contributed by atoms with Crippen molar-refractivity contribution in [3.63, 3.8) is 0 Å². The van der Waals surface area contributed by atoms with E-state index in [2.05, 4.69) is 20.2 Å². The molecular weight excluding hydrogens is 418 g/mol. The second kappa shape index (κ2) is 8.70. The van der Waals surface area contributed by atoms with Gasteiger partial charge in [-0.2, -0.15) is 0 Å². The molecule has 0 bridgehead atoms. The van der Waals surface area contributed by atoms with Crippen LogP contribution in [0.25, 0.3) is 21.9 Å². The van der Waals surface area contributed by atoms with Crippen LogP contribution in [0.4, 0.5) is 5.69 Å². The Hall–Kier alpha value is -3.50. The Bertz CT molecular complexity index is 1330. The predicted octanol–water partition coefficient (Wildman–Crippen LogP) is 1.93. The fraction of sp³-hybridized carbons (Fsp3) is 0.190. The van der Waals surface area contributed by atoms with E-state index in [9.17, 15) is 8.42 Å². The maximum atomic E-state index is 13.5. The Labute approximate surface area is 179 Å². The second-order valence-corrected chi connectivity index (χ2v) is 8.71. The van der Waals surface area contributed by atoms with Gasteiger partial charge in [0.25, 0.3) is 16.5 Å². The summed E-state index contributed by atoms with van der Waals surface area (Å²) in [6.45, 7) is 3.10. The van der Waals surface area contributed by atoms with Crippen LogP contribution in [0.2, 0.25) is 0 Å². The number of anilines is 1. The summed E-state index contributed by atoms with van der Waals surface area (Å²) in [5, 5.41) is 11.0. The molecule has 2 N–H and O–H groups in total. The van der Waals surface area contributed by atoms with Crippen molar-refractivity contribution in [2.45, 2.75) is 4.90 Å². The molecule has 1 aliphatic heterocycles. The quantitative estimate of drug-likeness (QED) is 0.465. The summed E-state index contributed by atoms with van der Waals surface area (Å²) >= 11 is 0. The van der Waals surface area contributed by atoms with E-state index in [0.29, 0.717) is 11.0 Å². The maximum Gasteiger partial charge on any atom is 0.290 e. The monoisotopic (exact) mass is 439 g/mol. The van der Waals surface area contributed by atoms with Gasteiger partial charge in [-0.1, -0.05) is 18.2 Å². The highest BCUT2D eigenvalue weighted by atomic mass is 32.2. The van der Waals surface area contributed by atoms with Crippen LogP contribution < -0.4 is 10.2 Å². The van der Waals surface area contributed by atoms with Crippen LogP contribution in [0.5, 0.6) is 0 Å². The van der Waals surface area contributed by atoms with Gasteiger partial charge >= 0.3 is 0 Å². The summed E-state index contributed by atoms with van der Waals surface area (Å²) < 4.78 is 28.2. The number of rotatable bonds is 3. The Kier molecular flexibility index (Phi) is 5.83. The van der Waals surface area contributed by atoms with Crippen LogP contribution in [0.1, 0.15) is 0 Å². The van der Waals surface area contributed by atoms with Gasteiger partial charge in [-0.05, 0) is 24.3 Å². The van der Waals surface area contributed by atoms with Crippen molar-refractivity contribution in [3.8, 4) is 0 Å². The van der Waals surface area contributed by atoms with Gasteiger partial charge in [-0.25, -0.2) is 12.4 Å². The predicted molar refractivity (Wildman–Crippen MR) is 118 cm³/mol. The molecule has 9 nitrogen and oxygen atoms in total. The van der Waals surface area contributed by atoms with Crippen LogP contribution in [0.3, 0.4) is 0 Å². The molecule has 0 saturated carbocycles. The third-order valence-corrected chi connectivity index (χ3v) is 6.72. The highest BCUT2D eigenvalue weighted by Crippen LogP contribution is 2.31. The normalized spacial score (nSPS) is 14.3. The highest BCUT2D eigenvalue weighted by Gasteiger charge is 2.25. The van der Waals surface area contributed by atoms with Crippen LogP contribution in [0, 0.1) is 0 Å². The van der Waals surface area contributed by atoms with Gasteiger partial charge in [-0.15, -0.1) is 0 Å². The molecule has 1 aromatic carbocycles. The minimum Gasteiger partial charge on any atom is -0.483 e. The number of nitrogens with zero attached hydrogens (tertiary/aromatic N) is 4. The summed E-state index contributed by atoms with van der Waals surface area (Å²) in [7, 11) is -3.80. The summed E-state index contributed by atoms with van der Waals surface area (Å²) in [5.41, 5.74) is 2.88. The number of carbonyl (C=O) groups is 1. The molecule has 1 fully saturated rings. The lowest BCUT2D eigenvalue weighted by Crippen LogP contribution is -2.43. The van der Waals surface area contributed by atoms with Crippen molar-refractivity contribution in [2.75, 3.05) is 31.1 Å². The van der Waals surface area contributed by atoms with Gasteiger partial charge in [0.2, 0.25) is 0 Å². The Morgan fingerprint density at radius 1 is 1.06 bits per heavy atom. The molecule has 31 heavy (non-hydrogen) atoms. The second-order valence-electron chi connectivity index (χ2n) is 6.89. The first kappa shape index (κ1) is 20.8. The zero-order valence-corrected chi connectivity index (χ0v) is 17.4. The van der Waals surface area contributed by atoms with Gasteiger partial charge in [0.05, 0.1) is 16.7 Å². The lowest BCUT2D eigenvalue weighted by Gasteiger charge is -2.28. The number of carboxylic acid groups (broad SMARTS) is 1. The molecule has 0 radical (unpaired) electrons. The lowest BCUT2D eigenvalue weighted by atomic mass is 10.2. The van der Waals surface area contributed by atoms with Crippen molar-refractivity contribution in [1.29, 1.82) is 0 Å². The SMILES string of the molecule is O=CO.O=S(=O)(c1cnc2ccccc2c1)n1cc(N2CCNCC2)c2ncccc21. The van der Waals surface area contributed by atoms with E-state index in [1.54, 1.807) is 30.6 Å². The van der Waals surface area contributed by atoms with Gasteiger partial charge in [0.1, 0.15) is 10.4 Å². The first-order valence-corrected chi connectivity index (χ1v) is 11.1. The van der Waals surface area contributed by atoms with Crippen LogP contribution in [-0.2, 0) is 14.8 Å². The molecule has 0 amide bonds. The van der Waals surface area contributed by atoms with Crippen molar-refractivity contribution in [3.05, 3.63) is 61.1 Å². The minimum absolute atomic E-state index is 0.166. The summed E-state index contributed by atoms with van der Waals surface area (Å²) in [6, 6.07) is 12.7. The summed E-state index contributed by atoms with van der Waals surface area (Å²) in [4.78, 5) is 19.5. The molecule has 10 heteroatoms. The molecule has 0 aliphatic carbocycles. The topological polar surface area (TPSA) is 117 Å². The van der Waals surface area contributed by atoms with Gasteiger partial charge < -0.3 is 15.3 Å². The van der Waals surface area contributed by atoms with E-state index in [1.165, 1.54) is 10.2 Å². The number of fused-ring (bicyclic) bond motifs is 2. The first-order chi connectivity index (χ1) is 15.1. The van der Waals surface area contributed by atoms with E-state index >= 15 is 0 Å². The number of benzene rings is 1. The summed E-state index contributed by atoms with van der Waals surface area (Å²) in [6.07, 6.45) is 4.81. The average molecular weight is 439 g/mol. The molecule has 4 aromatic rings. The Balaban J connectivity index is 0.000000730. The molecule has 4 heterocycles. The molecule has 0 atom stereocenters. The van der Waals surface area contributed by atoms with Crippen molar-refractivity contribution in [1.82, 2.24) is 19.3 Å². The fourth-order valence-corrected chi connectivity index (χ4v) is 4.99. The molecular formula is C21H21N5O4S. The zero-order valence-electron chi connectivity index (χ0n) is 16.5. The molecule has 1 aliphatic rings. The number of piperazine rings is 1. The van der Waals surface area contributed by atoms with E-state index in [-0.39, 0.29) is 11.4 Å². The van der Waals surface area contributed by atoms with E-state index < -0.39 is 10.0 Å². The third kappa shape index (κ3) is 3.94. The molecule has 160 valence electrons. The van der Waals surface area contributed by atoms with E-state index in [0.717, 1.165) is 42.8 Å². The number of hydrogen-bond acceptors (Lipinski definition) is 7. The van der Waals surface area contributed by atoms with Gasteiger partial charge in [-0.3, -0.25) is 14.8 Å². The van der Waals surface area contributed by atoms with Crippen molar-refractivity contribution >= 4 is 44.1 Å². The van der Waals surface area contributed by atoms with Crippen molar-refractivity contribution < 1.29 is 18.3 Å². The van der Waals surface area contributed by atoms with E-state index in [4.69, 9.17) is 9.90 Å². The Morgan fingerprint density at radius 3 is 2.58 bits per heavy atom. The lowest BCUT2D eigenvalue weighted by molar-refractivity contribution is -0.122. The van der Waals surface area contributed by atoms with Crippen LogP contribution in [0.15, 0.2) is 66.0 Å². The standard InChI is InChI=1S/C20H19N5O2S.CH2O2/c26-28(27,16-12-15-4-1-2-5-17(15)23-13-16)25-14-19(24-10-8-21-9-11-24)20-18(25)6-3-7-22-20;2-1-3/h1-7,12-14,21H,8-11H2;1H,(H,2,3). The number of para-hydroxylation sites is 1. The first-order valence-electron chi connectivity index (χ1n) is 9.66. The van der Waals surface area contributed by atoms with Gasteiger partial charge in [0, 0.05) is 50.2 Å². The summed E-state index contributed by atoms with van der Waals surface area (Å²) in [5.74, 6) is 0. The van der Waals surface area contributed by atoms with Crippen LogP contribution in [-0.4, -0.2) is 60.1 Å². The molecule has 0 spiro atoms. The highest BCUT2D eigenvalue weighted by molar-refractivity contribution is 7.90. The van der Waals surface area contributed by atoms with Crippen LogP contribution >= 0.6 is 0 Å². The van der Waals surface area contributed by atoms with Gasteiger partial charge in [0.15, 0.2) is 0 Å². The van der Waals surface area contributed by atoms with Crippen molar-refractivity contribution in [2.24, 2.45) is 0 Å². The number of aromatic nitrogens is 3. The fourth-order valence-electron chi connectivity index (χ4n) is 3.66. The largest absolute Gasteiger partial charge is 0.483 e.